The highest BCUT2D eigenvalue weighted by Crippen LogP contribution is 2.34. The molecule has 0 atom stereocenters. The van der Waals surface area contributed by atoms with E-state index in [0.29, 0.717) is 51.5 Å². The van der Waals surface area contributed by atoms with Crippen LogP contribution in [-0.4, -0.2) is 105 Å². The zero-order valence-electron chi connectivity index (χ0n) is 20.2. The Kier molecular flexibility index (Phi) is 7.48. The lowest BCUT2D eigenvalue weighted by atomic mass is 10.1. The average molecular weight is 530 g/mol. The van der Waals surface area contributed by atoms with Crippen molar-refractivity contribution in [1.29, 1.82) is 0 Å². The van der Waals surface area contributed by atoms with Gasteiger partial charge in [-0.25, -0.2) is 13.2 Å². The van der Waals surface area contributed by atoms with E-state index in [1.807, 2.05) is 11.9 Å². The van der Waals surface area contributed by atoms with Gasteiger partial charge >= 0.3 is 12.2 Å². The molecule has 2 saturated heterocycles. The van der Waals surface area contributed by atoms with Gasteiger partial charge in [0.15, 0.2) is 5.82 Å². The van der Waals surface area contributed by atoms with Crippen LogP contribution in [0.4, 0.5) is 29.5 Å². The summed E-state index contributed by atoms with van der Waals surface area (Å²) in [5.74, 6) is 0.0585. The summed E-state index contributed by atoms with van der Waals surface area (Å²) in [4.78, 5) is 20.7. The van der Waals surface area contributed by atoms with Crippen molar-refractivity contribution < 1.29 is 26.4 Å². The molecule has 0 spiro atoms. The van der Waals surface area contributed by atoms with Crippen molar-refractivity contribution in [2.75, 3.05) is 75.3 Å². The molecule has 0 saturated carbocycles. The summed E-state index contributed by atoms with van der Waals surface area (Å²) >= 11 is 0. The number of carbonyl (C=O) groups excluding carboxylic acids is 1. The molecule has 1 N–H and O–H groups in total. The summed E-state index contributed by atoms with van der Waals surface area (Å²) in [6.45, 7) is 5.29. The Morgan fingerprint density at radius 1 is 1.03 bits per heavy atom. The van der Waals surface area contributed by atoms with Crippen molar-refractivity contribution in [2.24, 2.45) is 0 Å². The summed E-state index contributed by atoms with van der Waals surface area (Å²) < 4.78 is 66.3. The smallest absolute Gasteiger partial charge is 0.369 e. The number of alkyl halides is 3. The second-order valence-electron chi connectivity index (χ2n) is 9.20. The van der Waals surface area contributed by atoms with Crippen LogP contribution in [0.15, 0.2) is 30.5 Å². The maximum absolute atomic E-state index is 13.4. The second-order valence-corrected chi connectivity index (χ2v) is 10.9. The monoisotopic (exact) mass is 529 g/mol. The van der Waals surface area contributed by atoms with E-state index in [-0.39, 0.29) is 11.8 Å². The highest BCUT2D eigenvalue weighted by Gasteiger charge is 2.32. The third kappa shape index (κ3) is 6.48. The van der Waals surface area contributed by atoms with Gasteiger partial charge in [-0.05, 0) is 24.7 Å². The number of piperazine rings is 2. The third-order valence-corrected chi connectivity index (χ3v) is 6.95. The molecular formula is C22H30F3N7O3S. The van der Waals surface area contributed by atoms with Crippen LogP contribution in [-0.2, 0) is 22.7 Å². The Morgan fingerprint density at radius 3 is 2.31 bits per heavy atom. The van der Waals surface area contributed by atoms with Crippen LogP contribution in [0.3, 0.4) is 0 Å². The summed E-state index contributed by atoms with van der Waals surface area (Å²) in [5.41, 5.74) is 0.786. The summed E-state index contributed by atoms with van der Waals surface area (Å²) in [6, 6.07) is 4.98. The molecule has 1 aromatic heterocycles. The number of amides is 1. The highest BCUT2D eigenvalue weighted by molar-refractivity contribution is 7.92. The first-order valence-corrected chi connectivity index (χ1v) is 13.5. The first-order chi connectivity index (χ1) is 16.9. The molecule has 198 valence electrons. The summed E-state index contributed by atoms with van der Waals surface area (Å²) in [6.07, 6.45) is -2.01. The van der Waals surface area contributed by atoms with Crippen LogP contribution in [0.2, 0.25) is 0 Å². The third-order valence-electron chi connectivity index (χ3n) is 6.37. The zero-order chi connectivity index (χ0) is 26.1. The van der Waals surface area contributed by atoms with Crippen molar-refractivity contribution in [3.05, 3.63) is 41.6 Å². The predicted molar refractivity (Wildman–Crippen MR) is 129 cm³/mol. The lowest BCUT2D eigenvalue weighted by Crippen LogP contribution is -2.50. The van der Waals surface area contributed by atoms with Gasteiger partial charge in [-0.1, -0.05) is 6.07 Å². The normalized spacial score (nSPS) is 18.5. The van der Waals surface area contributed by atoms with Crippen LogP contribution in [0.25, 0.3) is 0 Å². The molecule has 3 heterocycles. The molecule has 14 heteroatoms. The molecule has 1 aromatic carbocycles. The van der Waals surface area contributed by atoms with Crippen LogP contribution in [0.1, 0.15) is 11.1 Å². The minimum absolute atomic E-state index is 0.0585. The Hall–Kier alpha value is -2.84. The van der Waals surface area contributed by atoms with Gasteiger partial charge in [0.2, 0.25) is 10.0 Å². The topological polar surface area (TPSA) is 94.0 Å². The number of benzene rings is 1. The van der Waals surface area contributed by atoms with E-state index in [0.717, 1.165) is 35.7 Å². The number of nitrogens with one attached hydrogen (secondary N) is 1. The summed E-state index contributed by atoms with van der Waals surface area (Å²) in [5, 5.41) is 3.97. The van der Waals surface area contributed by atoms with Gasteiger partial charge < -0.3 is 14.7 Å². The van der Waals surface area contributed by atoms with Gasteiger partial charge in [0.05, 0.1) is 11.8 Å². The minimum Gasteiger partial charge on any atom is -0.369 e. The first-order valence-electron chi connectivity index (χ1n) is 11.6. The van der Waals surface area contributed by atoms with Crippen LogP contribution >= 0.6 is 0 Å². The average Bonchev–Trinajstić information content (AvgIpc) is 3.26. The van der Waals surface area contributed by atoms with Crippen molar-refractivity contribution in [3.8, 4) is 0 Å². The minimum atomic E-state index is -4.41. The number of hydrogen-bond acceptors (Lipinski definition) is 7. The SMILES string of the molecule is CN1CCN(c2cc(C(F)(F)F)ccc2CN2CCN(C(=O)n3ccc(NS(C)(=O)=O)n3)CC2)CC1. The van der Waals surface area contributed by atoms with Gasteiger partial charge in [0.25, 0.3) is 0 Å². The van der Waals surface area contributed by atoms with Gasteiger partial charge in [-0.15, -0.1) is 5.10 Å². The quantitative estimate of drug-likeness (QED) is 0.632. The maximum atomic E-state index is 13.4. The first kappa shape index (κ1) is 26.2. The molecule has 2 aliphatic heterocycles. The number of carbonyl (C=O) groups is 1. The van der Waals surface area contributed by atoms with E-state index in [4.69, 9.17) is 0 Å². The Bertz CT molecular complexity index is 1190. The number of hydrogen-bond donors (Lipinski definition) is 1. The van der Waals surface area contributed by atoms with E-state index < -0.39 is 21.8 Å². The summed E-state index contributed by atoms with van der Waals surface area (Å²) in [7, 11) is -1.51. The molecule has 2 fully saturated rings. The predicted octanol–water partition coefficient (Wildman–Crippen LogP) is 1.81. The molecule has 0 bridgehead atoms. The number of rotatable bonds is 5. The molecular weight excluding hydrogens is 499 g/mol. The number of aromatic nitrogens is 2. The van der Waals surface area contributed by atoms with E-state index >= 15 is 0 Å². The lowest BCUT2D eigenvalue weighted by Gasteiger charge is -2.37. The molecule has 2 aliphatic rings. The van der Waals surface area contributed by atoms with Gasteiger partial charge in [0, 0.05) is 76.9 Å². The fourth-order valence-corrected chi connectivity index (χ4v) is 4.86. The fraction of sp³-hybridized carbons (Fsp3) is 0.545. The van der Waals surface area contributed by atoms with Crippen molar-refractivity contribution >= 4 is 27.6 Å². The van der Waals surface area contributed by atoms with Crippen molar-refractivity contribution in [3.63, 3.8) is 0 Å². The van der Waals surface area contributed by atoms with E-state index in [9.17, 15) is 26.4 Å². The van der Waals surface area contributed by atoms with Gasteiger partial charge in [0.1, 0.15) is 0 Å². The fourth-order valence-electron chi connectivity index (χ4n) is 4.37. The molecule has 0 unspecified atom stereocenters. The molecule has 1 amide bonds. The molecule has 0 radical (unpaired) electrons. The standard InChI is InChI=1S/C22H30F3N7O3S/c1-28-7-11-30(12-8-28)19-15-18(22(23,24)25)4-3-17(19)16-29-9-13-31(14-10-29)21(33)32-6-5-20(26-32)27-36(2,34)35/h3-6,15H,7-14,16H2,1-2H3,(H,26,27). The molecule has 10 nitrogen and oxygen atoms in total. The number of likely N-dealkylation sites (N-methyl/N-ethyl adjacent to an activating group) is 1. The van der Waals surface area contributed by atoms with Gasteiger partial charge in [-0.3, -0.25) is 9.62 Å². The highest BCUT2D eigenvalue weighted by atomic mass is 32.2. The Morgan fingerprint density at radius 2 is 1.69 bits per heavy atom. The van der Waals surface area contributed by atoms with Crippen molar-refractivity contribution in [1.82, 2.24) is 24.5 Å². The lowest BCUT2D eigenvalue weighted by molar-refractivity contribution is -0.137. The Balaban J connectivity index is 1.41. The number of sulfonamides is 1. The second kappa shape index (κ2) is 10.3. The zero-order valence-corrected chi connectivity index (χ0v) is 21.0. The molecule has 0 aliphatic carbocycles. The van der Waals surface area contributed by atoms with Gasteiger partial charge in [-0.2, -0.15) is 17.9 Å². The van der Waals surface area contributed by atoms with E-state index in [1.54, 1.807) is 11.0 Å². The van der Waals surface area contributed by atoms with E-state index in [2.05, 4.69) is 19.6 Å². The van der Waals surface area contributed by atoms with Crippen LogP contribution < -0.4 is 9.62 Å². The largest absolute Gasteiger partial charge is 0.416 e. The van der Waals surface area contributed by atoms with Crippen LogP contribution in [0, 0.1) is 0 Å². The molecule has 4 rings (SSSR count). The number of halogens is 3. The molecule has 2 aromatic rings. The van der Waals surface area contributed by atoms with E-state index in [1.165, 1.54) is 18.3 Å². The number of anilines is 2. The Labute approximate surface area is 208 Å². The number of nitrogens with zero attached hydrogens (tertiary/aromatic N) is 6. The van der Waals surface area contributed by atoms with Crippen LogP contribution in [0.5, 0.6) is 0 Å². The maximum Gasteiger partial charge on any atom is 0.416 e. The molecule has 36 heavy (non-hydrogen) atoms. The van der Waals surface area contributed by atoms with Crippen molar-refractivity contribution in [2.45, 2.75) is 12.7 Å².